The van der Waals surface area contributed by atoms with Gasteiger partial charge in [-0.25, -0.2) is 0 Å². The molecule has 1 saturated heterocycles. The van der Waals surface area contributed by atoms with Crippen molar-refractivity contribution in [1.82, 2.24) is 14.7 Å². The molecule has 2 amide bonds. The fourth-order valence-corrected chi connectivity index (χ4v) is 2.83. The number of hydrogen-bond donors (Lipinski definition) is 0. The molecule has 136 valence electrons. The van der Waals surface area contributed by atoms with Crippen LogP contribution in [0.2, 0.25) is 0 Å². The number of amides is 2. The maximum absolute atomic E-state index is 12.3. The zero-order valence-corrected chi connectivity index (χ0v) is 15.4. The third-order valence-corrected chi connectivity index (χ3v) is 4.51. The molecule has 1 aliphatic rings. The summed E-state index contributed by atoms with van der Waals surface area (Å²) in [4.78, 5) is 30.0. The Hall–Kier alpha value is -2.14. The molecule has 1 fully saturated rings. The summed E-state index contributed by atoms with van der Waals surface area (Å²) in [7, 11) is 1.71. The summed E-state index contributed by atoms with van der Waals surface area (Å²) in [6, 6.07) is 10.2. The lowest BCUT2D eigenvalue weighted by atomic mass is 10.2. The minimum Gasteiger partial charge on any atom is -0.338 e. The van der Waals surface area contributed by atoms with E-state index in [-0.39, 0.29) is 11.8 Å². The molecule has 0 unspecified atom stereocenters. The molecule has 1 aliphatic heterocycles. The van der Waals surface area contributed by atoms with Crippen molar-refractivity contribution in [2.75, 3.05) is 46.3 Å². The molecular formula is C20H29N3O2. The van der Waals surface area contributed by atoms with Crippen molar-refractivity contribution >= 4 is 17.9 Å². The molecule has 0 atom stereocenters. The molecule has 0 aromatic heterocycles. The summed E-state index contributed by atoms with van der Waals surface area (Å²) in [5.41, 5.74) is 1.19. The predicted octanol–water partition coefficient (Wildman–Crippen LogP) is 2.10. The van der Waals surface area contributed by atoms with E-state index in [2.05, 4.69) is 36.1 Å². The van der Waals surface area contributed by atoms with Gasteiger partial charge in [-0.3, -0.25) is 14.5 Å². The smallest absolute Gasteiger partial charge is 0.312 e. The van der Waals surface area contributed by atoms with Crippen LogP contribution >= 0.6 is 0 Å². The Morgan fingerprint density at radius 3 is 2.44 bits per heavy atom. The molecule has 1 aromatic carbocycles. The SMILES string of the molecule is CCCCN(C)C(=O)C(=O)N1CCN(C/C=C/c2ccccc2)CC1. The van der Waals surface area contributed by atoms with Gasteiger partial charge in [-0.15, -0.1) is 0 Å². The Labute approximate surface area is 150 Å². The second kappa shape index (κ2) is 9.99. The van der Waals surface area contributed by atoms with Crippen LogP contribution < -0.4 is 0 Å². The van der Waals surface area contributed by atoms with Gasteiger partial charge in [-0.05, 0) is 12.0 Å². The minimum absolute atomic E-state index is 0.363. The Morgan fingerprint density at radius 2 is 1.80 bits per heavy atom. The molecule has 0 spiro atoms. The van der Waals surface area contributed by atoms with Gasteiger partial charge in [-0.1, -0.05) is 55.8 Å². The third-order valence-electron chi connectivity index (χ3n) is 4.51. The quantitative estimate of drug-likeness (QED) is 0.743. The number of unbranched alkanes of at least 4 members (excludes halogenated alkanes) is 1. The Bertz CT molecular complexity index is 578. The van der Waals surface area contributed by atoms with Gasteiger partial charge >= 0.3 is 11.8 Å². The summed E-state index contributed by atoms with van der Waals surface area (Å²) in [5, 5.41) is 0. The number of benzene rings is 1. The fourth-order valence-electron chi connectivity index (χ4n) is 2.83. The summed E-state index contributed by atoms with van der Waals surface area (Å²) < 4.78 is 0. The number of piperazine rings is 1. The third kappa shape index (κ3) is 6.02. The van der Waals surface area contributed by atoms with Crippen molar-refractivity contribution < 1.29 is 9.59 Å². The highest BCUT2D eigenvalue weighted by molar-refractivity contribution is 6.34. The average molecular weight is 343 g/mol. The molecule has 0 bridgehead atoms. The molecular weight excluding hydrogens is 314 g/mol. The van der Waals surface area contributed by atoms with Crippen LogP contribution in [0.5, 0.6) is 0 Å². The van der Waals surface area contributed by atoms with E-state index in [0.717, 1.165) is 32.5 Å². The molecule has 5 nitrogen and oxygen atoms in total. The standard InChI is InChI=1S/C20H29N3O2/c1-3-4-12-21(2)19(24)20(25)23-16-14-22(15-17-23)13-8-11-18-9-6-5-7-10-18/h5-11H,3-4,12-17H2,1-2H3/b11-8+. The Morgan fingerprint density at radius 1 is 1.12 bits per heavy atom. The molecule has 0 aliphatic carbocycles. The average Bonchev–Trinajstić information content (AvgIpc) is 2.66. The van der Waals surface area contributed by atoms with E-state index in [1.165, 1.54) is 5.56 Å². The summed E-state index contributed by atoms with van der Waals surface area (Å²) in [6.07, 6.45) is 6.21. The van der Waals surface area contributed by atoms with Crippen LogP contribution in [0.15, 0.2) is 36.4 Å². The maximum Gasteiger partial charge on any atom is 0.312 e. The van der Waals surface area contributed by atoms with Crippen molar-refractivity contribution in [2.24, 2.45) is 0 Å². The highest BCUT2D eigenvalue weighted by Crippen LogP contribution is 2.06. The summed E-state index contributed by atoms with van der Waals surface area (Å²) in [6.45, 7) is 6.42. The number of carbonyl (C=O) groups excluding carboxylic acids is 2. The minimum atomic E-state index is -0.383. The Balaban J connectivity index is 1.74. The fraction of sp³-hybridized carbons (Fsp3) is 0.500. The zero-order chi connectivity index (χ0) is 18.1. The first-order valence-electron chi connectivity index (χ1n) is 9.10. The van der Waals surface area contributed by atoms with Gasteiger partial charge in [0.25, 0.3) is 0 Å². The molecule has 1 aromatic rings. The van der Waals surface area contributed by atoms with E-state index in [9.17, 15) is 9.59 Å². The molecule has 5 heteroatoms. The van der Waals surface area contributed by atoms with E-state index in [1.54, 1.807) is 16.8 Å². The highest BCUT2D eigenvalue weighted by atomic mass is 16.2. The number of nitrogens with zero attached hydrogens (tertiary/aromatic N) is 3. The largest absolute Gasteiger partial charge is 0.338 e. The van der Waals surface area contributed by atoms with Gasteiger partial charge in [0, 0.05) is 46.3 Å². The topological polar surface area (TPSA) is 43.9 Å². The first-order chi connectivity index (χ1) is 12.1. The first kappa shape index (κ1) is 19.2. The van der Waals surface area contributed by atoms with Crippen molar-refractivity contribution in [3.8, 4) is 0 Å². The van der Waals surface area contributed by atoms with Crippen LogP contribution in [0.3, 0.4) is 0 Å². The molecule has 25 heavy (non-hydrogen) atoms. The predicted molar refractivity (Wildman–Crippen MR) is 101 cm³/mol. The van der Waals surface area contributed by atoms with Crippen LogP contribution in [0, 0.1) is 0 Å². The van der Waals surface area contributed by atoms with Gasteiger partial charge in [0.2, 0.25) is 0 Å². The van der Waals surface area contributed by atoms with Gasteiger partial charge < -0.3 is 9.80 Å². The van der Waals surface area contributed by atoms with Gasteiger partial charge in [0.15, 0.2) is 0 Å². The van der Waals surface area contributed by atoms with E-state index < -0.39 is 0 Å². The zero-order valence-electron chi connectivity index (χ0n) is 15.4. The van der Waals surface area contributed by atoms with Crippen LogP contribution in [-0.4, -0.2) is 72.8 Å². The molecule has 2 rings (SSSR count). The second-order valence-electron chi connectivity index (χ2n) is 6.49. The van der Waals surface area contributed by atoms with E-state index in [0.29, 0.717) is 19.6 Å². The van der Waals surface area contributed by atoms with E-state index in [4.69, 9.17) is 0 Å². The monoisotopic (exact) mass is 343 g/mol. The van der Waals surface area contributed by atoms with Crippen LogP contribution in [-0.2, 0) is 9.59 Å². The van der Waals surface area contributed by atoms with Crippen molar-refractivity contribution in [3.05, 3.63) is 42.0 Å². The van der Waals surface area contributed by atoms with Gasteiger partial charge in [0.05, 0.1) is 0 Å². The van der Waals surface area contributed by atoms with Crippen molar-refractivity contribution in [1.29, 1.82) is 0 Å². The lowest BCUT2D eigenvalue weighted by Crippen LogP contribution is -2.52. The maximum atomic E-state index is 12.3. The molecule has 0 N–H and O–H groups in total. The van der Waals surface area contributed by atoms with Crippen LogP contribution in [0.25, 0.3) is 6.08 Å². The summed E-state index contributed by atoms with van der Waals surface area (Å²) >= 11 is 0. The van der Waals surface area contributed by atoms with Crippen LogP contribution in [0.4, 0.5) is 0 Å². The summed E-state index contributed by atoms with van der Waals surface area (Å²) in [5.74, 6) is -0.746. The highest BCUT2D eigenvalue weighted by Gasteiger charge is 2.27. The molecule has 0 saturated carbocycles. The second-order valence-corrected chi connectivity index (χ2v) is 6.49. The number of carbonyl (C=O) groups is 2. The van der Waals surface area contributed by atoms with Crippen molar-refractivity contribution in [2.45, 2.75) is 19.8 Å². The van der Waals surface area contributed by atoms with Gasteiger partial charge in [-0.2, -0.15) is 0 Å². The number of likely N-dealkylation sites (N-methyl/N-ethyl adjacent to an activating group) is 1. The lowest BCUT2D eigenvalue weighted by Gasteiger charge is -2.34. The first-order valence-corrected chi connectivity index (χ1v) is 9.10. The Kier molecular flexibility index (Phi) is 7.67. The number of rotatable bonds is 6. The molecule has 0 radical (unpaired) electrons. The lowest BCUT2D eigenvalue weighted by molar-refractivity contribution is -0.152. The molecule has 1 heterocycles. The normalized spacial score (nSPS) is 15.5. The van der Waals surface area contributed by atoms with Crippen LogP contribution in [0.1, 0.15) is 25.3 Å². The van der Waals surface area contributed by atoms with Crippen molar-refractivity contribution in [3.63, 3.8) is 0 Å². The van der Waals surface area contributed by atoms with Gasteiger partial charge in [0.1, 0.15) is 0 Å². The van der Waals surface area contributed by atoms with E-state index >= 15 is 0 Å². The number of hydrogen-bond acceptors (Lipinski definition) is 3. The van der Waals surface area contributed by atoms with E-state index in [1.807, 2.05) is 18.2 Å².